The van der Waals surface area contributed by atoms with Crippen LogP contribution in [0.4, 0.5) is 0 Å². The highest BCUT2D eigenvalue weighted by molar-refractivity contribution is 5.74. The second kappa shape index (κ2) is 9.86. The first-order chi connectivity index (χ1) is 7.22. The second-order valence-electron chi connectivity index (χ2n) is 6.02. The Kier molecular flexibility index (Phi) is 11.1. The third-order valence-corrected chi connectivity index (χ3v) is 2.82. The Labute approximate surface area is 103 Å². The van der Waals surface area contributed by atoms with E-state index in [9.17, 15) is 4.79 Å². The minimum absolute atomic E-state index is 0.255. The summed E-state index contributed by atoms with van der Waals surface area (Å²) in [6.07, 6.45) is 6.19. The molecule has 0 aliphatic rings. The van der Waals surface area contributed by atoms with E-state index in [1.165, 1.54) is 25.7 Å². The minimum atomic E-state index is 0.255. The summed E-state index contributed by atoms with van der Waals surface area (Å²) in [5.41, 5.74) is 0.535. The van der Waals surface area contributed by atoms with Gasteiger partial charge in [-0.05, 0) is 24.7 Å². The van der Waals surface area contributed by atoms with E-state index in [1.807, 2.05) is 6.92 Å². The largest absolute Gasteiger partial charge is 0.300 e. The molecule has 1 atom stereocenters. The number of carbonyl (C=O) groups excluding carboxylic acids is 1. The van der Waals surface area contributed by atoms with Gasteiger partial charge >= 0.3 is 0 Å². The molecular formula is C15H32O. The summed E-state index contributed by atoms with van der Waals surface area (Å²) in [6.45, 7) is 15.0. The second-order valence-corrected chi connectivity index (χ2v) is 6.02. The summed E-state index contributed by atoms with van der Waals surface area (Å²) < 4.78 is 0. The van der Waals surface area contributed by atoms with Gasteiger partial charge in [0.25, 0.3) is 0 Å². The van der Waals surface area contributed by atoms with Crippen LogP contribution in [0.15, 0.2) is 0 Å². The first-order valence-electron chi connectivity index (χ1n) is 6.72. The molecule has 1 heteroatoms. The lowest BCUT2D eigenvalue weighted by molar-refractivity contribution is -0.116. The molecule has 98 valence electrons. The molecule has 1 nitrogen and oxygen atoms in total. The molecule has 0 N–H and O–H groups in total. The van der Waals surface area contributed by atoms with Gasteiger partial charge in [-0.1, -0.05) is 60.8 Å². The molecule has 0 aromatic carbocycles. The van der Waals surface area contributed by atoms with Crippen LogP contribution in [0, 0.1) is 11.3 Å². The Morgan fingerprint density at radius 2 is 1.62 bits per heavy atom. The van der Waals surface area contributed by atoms with E-state index in [-0.39, 0.29) is 5.78 Å². The van der Waals surface area contributed by atoms with Crippen LogP contribution in [0.2, 0.25) is 0 Å². The van der Waals surface area contributed by atoms with Crippen LogP contribution in [-0.2, 0) is 4.79 Å². The molecule has 0 aromatic heterocycles. The summed E-state index contributed by atoms with van der Waals surface area (Å²) in [4.78, 5) is 9.81. The predicted octanol–water partition coefficient (Wildman–Crippen LogP) is 5.23. The number of rotatable bonds is 5. The molecule has 0 saturated carbocycles. The van der Waals surface area contributed by atoms with Gasteiger partial charge in [-0.15, -0.1) is 0 Å². The maximum Gasteiger partial charge on any atom is 0.129 e. The molecule has 0 saturated heterocycles. The molecule has 0 aliphatic carbocycles. The molecule has 0 fully saturated rings. The summed E-state index contributed by atoms with van der Waals surface area (Å²) in [5.74, 6) is 1.18. The number of hydrogen-bond donors (Lipinski definition) is 0. The molecule has 0 heterocycles. The van der Waals surface area contributed by atoms with Crippen LogP contribution in [0.25, 0.3) is 0 Å². The zero-order valence-electron chi connectivity index (χ0n) is 12.5. The normalized spacial score (nSPS) is 12.7. The fraction of sp³-hybridized carbons (Fsp3) is 0.933. The number of hydrogen-bond acceptors (Lipinski definition) is 1. The van der Waals surface area contributed by atoms with Crippen molar-refractivity contribution >= 4 is 5.78 Å². The van der Waals surface area contributed by atoms with Crippen molar-refractivity contribution in [2.24, 2.45) is 11.3 Å². The Bertz CT molecular complexity index is 165. The van der Waals surface area contributed by atoms with E-state index in [0.717, 1.165) is 5.92 Å². The number of ketones is 1. The Balaban J connectivity index is 0. The number of Topliss-reactive ketones (excluding diaryl/α,β-unsaturated/α-hetero) is 1. The topological polar surface area (TPSA) is 17.1 Å². The van der Waals surface area contributed by atoms with Crippen molar-refractivity contribution in [3.8, 4) is 0 Å². The maximum absolute atomic E-state index is 9.81. The highest BCUT2D eigenvalue weighted by Crippen LogP contribution is 2.23. The van der Waals surface area contributed by atoms with Gasteiger partial charge in [0.2, 0.25) is 0 Å². The first kappa shape index (κ1) is 18.0. The van der Waals surface area contributed by atoms with E-state index >= 15 is 0 Å². The molecule has 0 rings (SSSR count). The molecule has 0 aromatic rings. The summed E-state index contributed by atoms with van der Waals surface area (Å²) in [7, 11) is 0. The van der Waals surface area contributed by atoms with Crippen LogP contribution < -0.4 is 0 Å². The Hall–Kier alpha value is -0.330. The molecule has 0 bridgehead atoms. The molecule has 0 amide bonds. The highest BCUT2D eigenvalue weighted by Gasteiger charge is 2.09. The zero-order chi connectivity index (χ0) is 13.2. The van der Waals surface area contributed by atoms with Crippen molar-refractivity contribution in [3.63, 3.8) is 0 Å². The fourth-order valence-electron chi connectivity index (χ4n) is 1.18. The first-order valence-corrected chi connectivity index (χ1v) is 6.72. The molecule has 0 radical (unpaired) electrons. The van der Waals surface area contributed by atoms with Crippen molar-refractivity contribution in [2.45, 2.75) is 80.6 Å². The maximum atomic E-state index is 9.81. The Morgan fingerprint density at radius 3 is 1.88 bits per heavy atom. The molecule has 0 aliphatic heterocycles. The monoisotopic (exact) mass is 228 g/mol. The van der Waals surface area contributed by atoms with E-state index in [0.29, 0.717) is 11.8 Å². The third kappa shape index (κ3) is 19.3. The minimum Gasteiger partial charge on any atom is -0.300 e. The smallest absolute Gasteiger partial charge is 0.129 e. The van der Waals surface area contributed by atoms with Crippen molar-refractivity contribution in [3.05, 3.63) is 0 Å². The van der Waals surface area contributed by atoms with Gasteiger partial charge < -0.3 is 4.79 Å². The average molecular weight is 228 g/mol. The van der Waals surface area contributed by atoms with E-state index < -0.39 is 0 Å². The Morgan fingerprint density at radius 1 is 1.19 bits per heavy atom. The van der Waals surface area contributed by atoms with Crippen molar-refractivity contribution in [1.82, 2.24) is 0 Å². The van der Waals surface area contributed by atoms with Gasteiger partial charge in [-0.25, -0.2) is 0 Å². The van der Waals surface area contributed by atoms with Gasteiger partial charge in [0.15, 0.2) is 0 Å². The zero-order valence-corrected chi connectivity index (χ0v) is 12.5. The molecule has 16 heavy (non-hydrogen) atoms. The van der Waals surface area contributed by atoms with Crippen molar-refractivity contribution in [2.75, 3.05) is 0 Å². The van der Waals surface area contributed by atoms with E-state index in [1.54, 1.807) is 6.92 Å². The van der Waals surface area contributed by atoms with Gasteiger partial charge in [0, 0.05) is 6.42 Å². The predicted molar refractivity (Wildman–Crippen MR) is 73.7 cm³/mol. The lowest BCUT2D eigenvalue weighted by Gasteiger charge is -2.18. The van der Waals surface area contributed by atoms with Crippen molar-refractivity contribution in [1.29, 1.82) is 0 Å². The SMILES string of the molecule is CCC(C)=O.CCC(C)CCCC(C)(C)C. The highest BCUT2D eigenvalue weighted by atomic mass is 16.1. The standard InChI is InChI=1S/C11H24.C4H8O/c1-6-10(2)8-7-9-11(3,4)5;1-3-4(2)5/h10H,6-9H2,1-5H3;3H2,1-2H3. The van der Waals surface area contributed by atoms with Gasteiger partial charge in [-0.3, -0.25) is 0 Å². The van der Waals surface area contributed by atoms with Crippen LogP contribution in [-0.4, -0.2) is 5.78 Å². The van der Waals surface area contributed by atoms with Gasteiger partial charge in [0.05, 0.1) is 0 Å². The molecule has 1 unspecified atom stereocenters. The average Bonchev–Trinajstić information content (AvgIpc) is 2.16. The summed E-state index contributed by atoms with van der Waals surface area (Å²) >= 11 is 0. The van der Waals surface area contributed by atoms with Crippen LogP contribution >= 0.6 is 0 Å². The van der Waals surface area contributed by atoms with E-state index in [4.69, 9.17) is 0 Å². The van der Waals surface area contributed by atoms with Crippen LogP contribution in [0.3, 0.4) is 0 Å². The summed E-state index contributed by atoms with van der Waals surface area (Å²) in [6, 6.07) is 0. The van der Waals surface area contributed by atoms with Crippen LogP contribution in [0.5, 0.6) is 0 Å². The quantitative estimate of drug-likeness (QED) is 0.629. The lowest BCUT2D eigenvalue weighted by atomic mass is 9.88. The number of carbonyl (C=O) groups is 1. The third-order valence-electron chi connectivity index (χ3n) is 2.82. The van der Waals surface area contributed by atoms with Gasteiger partial charge in [-0.2, -0.15) is 0 Å². The van der Waals surface area contributed by atoms with E-state index in [2.05, 4.69) is 34.6 Å². The fourth-order valence-corrected chi connectivity index (χ4v) is 1.18. The lowest BCUT2D eigenvalue weighted by Crippen LogP contribution is -2.05. The van der Waals surface area contributed by atoms with Crippen molar-refractivity contribution < 1.29 is 4.79 Å². The van der Waals surface area contributed by atoms with Gasteiger partial charge in [0.1, 0.15) is 5.78 Å². The van der Waals surface area contributed by atoms with Crippen LogP contribution in [0.1, 0.15) is 80.6 Å². The molecule has 0 spiro atoms. The summed E-state index contributed by atoms with van der Waals surface area (Å²) in [5, 5.41) is 0. The molecular weight excluding hydrogens is 196 g/mol.